The van der Waals surface area contributed by atoms with Crippen LogP contribution in [0.1, 0.15) is 32.1 Å². The van der Waals surface area contributed by atoms with Crippen LogP contribution in [0.5, 0.6) is 5.75 Å². The number of carboxylic acid groups (broad SMARTS) is 1. The Bertz CT molecular complexity index is 505. The number of methoxy groups -OCH3 is 1. The van der Waals surface area contributed by atoms with Crippen LogP contribution in [0, 0.1) is 0 Å². The maximum atomic E-state index is 12.0. The lowest BCUT2D eigenvalue weighted by atomic mass is 10.1. The van der Waals surface area contributed by atoms with Crippen LogP contribution in [0.25, 0.3) is 0 Å². The smallest absolute Gasteiger partial charge is 0.230 e. The van der Waals surface area contributed by atoms with Crippen LogP contribution in [0.4, 0.5) is 5.69 Å². The van der Waals surface area contributed by atoms with Crippen LogP contribution in [0.15, 0.2) is 24.3 Å². The summed E-state index contributed by atoms with van der Waals surface area (Å²) in [6.45, 7) is 1.60. The molecule has 0 spiro atoms. The van der Waals surface area contributed by atoms with Crippen molar-refractivity contribution in [3.63, 3.8) is 0 Å². The lowest BCUT2D eigenvalue weighted by Crippen LogP contribution is -2.93. The van der Waals surface area contributed by atoms with Crippen molar-refractivity contribution in [3.05, 3.63) is 24.3 Å². The molecule has 0 unspecified atom stereocenters. The zero-order chi connectivity index (χ0) is 17.8. The lowest BCUT2D eigenvalue weighted by molar-refractivity contribution is -0.682. The molecule has 0 aliphatic rings. The number of anilines is 1. The van der Waals surface area contributed by atoms with Gasteiger partial charge in [-0.2, -0.15) is 0 Å². The van der Waals surface area contributed by atoms with E-state index in [2.05, 4.69) is 11.1 Å². The maximum absolute atomic E-state index is 12.0. The second-order valence-electron chi connectivity index (χ2n) is 5.70. The summed E-state index contributed by atoms with van der Waals surface area (Å²) in [6.07, 6.45) is 4.04. The summed E-state index contributed by atoms with van der Waals surface area (Å²) in [5.74, 6) is -0.867. The molecule has 7 nitrogen and oxygen atoms in total. The summed E-state index contributed by atoms with van der Waals surface area (Å²) in [5, 5.41) is 15.5. The maximum Gasteiger partial charge on any atom is 0.230 e. The predicted molar refractivity (Wildman–Crippen MR) is 88.1 cm³/mol. The van der Waals surface area contributed by atoms with E-state index in [1.807, 2.05) is 0 Å². The largest absolute Gasteiger partial charge is 0.544 e. The monoisotopic (exact) mass is 338 g/mol. The number of rotatable bonds is 12. The number of hydrogen-bond acceptors (Lipinski definition) is 4. The molecule has 0 aliphatic heterocycles. The molecule has 7 heteroatoms. The number of nitrogens with two attached hydrogens (primary N) is 1. The Kier molecular flexibility index (Phi) is 9.48. The third kappa shape index (κ3) is 7.94. The number of ether oxygens (including phenoxy) is 1. The Hall–Kier alpha value is -2.12. The predicted octanol–water partition coefficient (Wildman–Crippen LogP) is -1.49. The van der Waals surface area contributed by atoms with Crippen LogP contribution >= 0.6 is 0 Å². The van der Waals surface area contributed by atoms with Gasteiger partial charge in [-0.15, -0.1) is 0 Å². The van der Waals surface area contributed by atoms with Crippen molar-refractivity contribution < 1.29 is 30.5 Å². The minimum absolute atomic E-state index is 0.118. The van der Waals surface area contributed by atoms with Gasteiger partial charge in [0, 0.05) is 5.69 Å². The summed E-state index contributed by atoms with van der Waals surface area (Å²) in [5.41, 5.74) is 4.39. The van der Waals surface area contributed by atoms with Crippen LogP contribution in [0.2, 0.25) is 0 Å². The number of unbranched alkanes of at least 4 members (excludes halogenated alkanes) is 3. The number of amides is 1. The van der Waals surface area contributed by atoms with Gasteiger partial charge in [-0.1, -0.05) is 0 Å². The average Bonchev–Trinajstić information content (AvgIpc) is 2.57. The highest BCUT2D eigenvalue weighted by Gasteiger charge is 2.18. The first kappa shape index (κ1) is 19.9. The van der Waals surface area contributed by atoms with E-state index in [1.54, 1.807) is 36.7 Å². The summed E-state index contributed by atoms with van der Waals surface area (Å²) in [7, 11) is 1.56. The molecule has 1 amide bonds. The molecule has 0 aromatic heterocycles. The molecular weight excluding hydrogens is 310 g/mol. The molecule has 0 aliphatic carbocycles. The summed E-state index contributed by atoms with van der Waals surface area (Å²) < 4.78 is 5.04. The fourth-order valence-electron chi connectivity index (χ4n) is 2.34. The number of carbonyl (C=O) groups excluding carboxylic acids is 2. The van der Waals surface area contributed by atoms with Gasteiger partial charge in [0.15, 0.2) is 0 Å². The molecule has 0 saturated heterocycles. The molecule has 134 valence electrons. The van der Waals surface area contributed by atoms with Gasteiger partial charge in [0.25, 0.3) is 0 Å². The quantitative estimate of drug-likeness (QED) is 0.402. The van der Waals surface area contributed by atoms with E-state index in [9.17, 15) is 14.7 Å². The third-order valence-corrected chi connectivity index (χ3v) is 3.74. The van der Waals surface area contributed by atoms with Gasteiger partial charge < -0.3 is 31.0 Å². The van der Waals surface area contributed by atoms with Crippen LogP contribution in [0.3, 0.4) is 0 Å². The van der Waals surface area contributed by atoms with Crippen LogP contribution in [-0.4, -0.2) is 38.1 Å². The zero-order valence-corrected chi connectivity index (χ0v) is 14.3. The number of hydrogen-bond donors (Lipinski definition) is 3. The number of nitrogens with one attached hydrogen (secondary N) is 1. The van der Waals surface area contributed by atoms with Crippen molar-refractivity contribution in [2.75, 3.05) is 25.5 Å². The summed E-state index contributed by atoms with van der Waals surface area (Å²) in [6, 6.07) is 6.00. The third-order valence-electron chi connectivity index (χ3n) is 3.74. The number of quaternary nitrogens is 2. The van der Waals surface area contributed by atoms with Gasteiger partial charge in [0.2, 0.25) is 5.91 Å². The molecule has 0 saturated carbocycles. The summed E-state index contributed by atoms with van der Waals surface area (Å²) in [4.78, 5) is 23.2. The van der Waals surface area contributed by atoms with Gasteiger partial charge >= 0.3 is 0 Å². The second-order valence-corrected chi connectivity index (χ2v) is 5.70. The average molecular weight is 338 g/mol. The molecule has 0 radical (unpaired) electrons. The molecule has 1 atom stereocenters. The molecule has 0 fully saturated rings. The Morgan fingerprint density at radius 3 is 2.46 bits per heavy atom. The highest BCUT2D eigenvalue weighted by atomic mass is 16.5. The van der Waals surface area contributed by atoms with Crippen molar-refractivity contribution in [2.24, 2.45) is 0 Å². The van der Waals surface area contributed by atoms with Gasteiger partial charge in [0.05, 0.1) is 32.6 Å². The van der Waals surface area contributed by atoms with Gasteiger partial charge in [-0.3, -0.25) is 4.79 Å². The SMILES string of the molecule is COc1ccc(NC(=O)C[C@H]([NH2+]CCCCCC[NH3+])C(=O)[O-])cc1. The molecular formula is C17H28N3O4+. The van der Waals surface area contributed by atoms with E-state index in [0.717, 1.165) is 32.2 Å². The van der Waals surface area contributed by atoms with E-state index >= 15 is 0 Å². The zero-order valence-electron chi connectivity index (χ0n) is 14.3. The van der Waals surface area contributed by atoms with E-state index in [-0.39, 0.29) is 12.3 Å². The van der Waals surface area contributed by atoms with Gasteiger partial charge in [-0.05, 0) is 49.9 Å². The van der Waals surface area contributed by atoms with Crippen molar-refractivity contribution >= 4 is 17.6 Å². The standard InChI is InChI=1S/C17H27N3O4/c1-24-14-8-6-13(7-9-14)20-16(21)12-15(17(22)23)19-11-5-3-2-4-10-18/h6-9,15,19H,2-5,10-12,18H2,1H3,(H,20,21)(H,22,23)/p+1/t15-/m0/s1. The first-order valence-electron chi connectivity index (χ1n) is 8.34. The van der Waals surface area contributed by atoms with Crippen molar-refractivity contribution in [1.82, 2.24) is 0 Å². The van der Waals surface area contributed by atoms with Crippen molar-refractivity contribution in [1.29, 1.82) is 0 Å². The fourth-order valence-corrected chi connectivity index (χ4v) is 2.34. The molecule has 24 heavy (non-hydrogen) atoms. The highest BCUT2D eigenvalue weighted by Crippen LogP contribution is 2.15. The Morgan fingerprint density at radius 2 is 1.88 bits per heavy atom. The van der Waals surface area contributed by atoms with Gasteiger partial charge in [0.1, 0.15) is 11.8 Å². The van der Waals surface area contributed by atoms with Crippen LogP contribution < -0.4 is 26.2 Å². The Balaban J connectivity index is 2.37. The topological polar surface area (TPSA) is 123 Å². The van der Waals surface area contributed by atoms with E-state index in [0.29, 0.717) is 18.0 Å². The highest BCUT2D eigenvalue weighted by molar-refractivity contribution is 5.93. The first-order valence-corrected chi connectivity index (χ1v) is 8.34. The number of benzene rings is 1. The number of carboxylic acids is 1. The Labute approximate surface area is 142 Å². The molecule has 0 heterocycles. The Morgan fingerprint density at radius 1 is 1.21 bits per heavy atom. The molecule has 1 aromatic carbocycles. The molecule has 1 aromatic rings. The van der Waals surface area contributed by atoms with E-state index < -0.39 is 12.0 Å². The fraction of sp³-hybridized carbons (Fsp3) is 0.529. The normalized spacial score (nSPS) is 11.8. The number of carbonyl (C=O) groups is 2. The second kappa shape index (κ2) is 11.4. The van der Waals surface area contributed by atoms with Crippen LogP contribution in [-0.2, 0) is 9.59 Å². The van der Waals surface area contributed by atoms with Crippen molar-refractivity contribution in [3.8, 4) is 5.75 Å². The van der Waals surface area contributed by atoms with Crippen molar-refractivity contribution in [2.45, 2.75) is 38.1 Å². The minimum Gasteiger partial charge on any atom is -0.544 e. The van der Waals surface area contributed by atoms with Gasteiger partial charge in [-0.25, -0.2) is 0 Å². The molecule has 1 rings (SSSR count). The minimum atomic E-state index is -1.21. The summed E-state index contributed by atoms with van der Waals surface area (Å²) >= 11 is 0. The van der Waals surface area contributed by atoms with E-state index in [1.165, 1.54) is 0 Å². The lowest BCUT2D eigenvalue weighted by Gasteiger charge is -2.16. The number of aliphatic carboxylic acids is 1. The first-order chi connectivity index (χ1) is 11.6. The molecule has 0 bridgehead atoms. The van der Waals surface area contributed by atoms with E-state index in [4.69, 9.17) is 4.74 Å². The molecule has 6 N–H and O–H groups in total.